The molecule has 0 aliphatic heterocycles. The van der Waals surface area contributed by atoms with Crippen LogP contribution in [0.3, 0.4) is 0 Å². The second-order valence-corrected chi connectivity index (χ2v) is 2.44. The molecule has 0 saturated heterocycles. The topological polar surface area (TPSA) is 46.5 Å². The molecule has 0 saturated carbocycles. The Morgan fingerprint density at radius 3 is 2.73 bits per heavy atom. The van der Waals surface area contributed by atoms with Crippen LogP contribution >= 0.6 is 12.4 Å². The summed E-state index contributed by atoms with van der Waals surface area (Å²) in [5, 5.41) is 8.54. The molecule has 1 aromatic carbocycles. The summed E-state index contributed by atoms with van der Waals surface area (Å²) in [5.74, 6) is 0.204. The Bertz CT molecular complexity index is 398. The van der Waals surface area contributed by atoms with Crippen LogP contribution in [0.25, 0.3) is 0 Å². The average Bonchev–Trinajstić information content (AvgIpc) is 2.15. The van der Waals surface area contributed by atoms with Gasteiger partial charge in [-0.05, 0) is 18.2 Å². The first kappa shape index (κ1) is 13.3. The second-order valence-electron chi connectivity index (χ2n) is 2.44. The van der Waals surface area contributed by atoms with E-state index in [0.29, 0.717) is 0 Å². The van der Waals surface area contributed by atoms with Gasteiger partial charge in [0.2, 0.25) is 0 Å². The molecular formula is C10H8ClFO3. The molecule has 0 amide bonds. The summed E-state index contributed by atoms with van der Waals surface area (Å²) in [6.45, 7) is -0.0522. The Labute approximate surface area is 92.3 Å². The summed E-state index contributed by atoms with van der Waals surface area (Å²) < 4.78 is 17.9. The second kappa shape index (κ2) is 5.89. The van der Waals surface area contributed by atoms with Gasteiger partial charge in [-0.3, -0.25) is 0 Å². The first-order valence-corrected chi connectivity index (χ1v) is 3.74. The fourth-order valence-corrected chi connectivity index (χ4v) is 0.870. The lowest BCUT2D eigenvalue weighted by atomic mass is 10.2. The minimum Gasteiger partial charge on any atom is -0.478 e. The highest BCUT2D eigenvalue weighted by Crippen LogP contribution is 2.18. The molecule has 1 aromatic rings. The third-order valence-electron chi connectivity index (χ3n) is 1.49. The summed E-state index contributed by atoms with van der Waals surface area (Å²) >= 11 is 0. The van der Waals surface area contributed by atoms with Crippen LogP contribution < -0.4 is 4.74 Å². The molecule has 0 aromatic heterocycles. The summed E-state index contributed by atoms with van der Waals surface area (Å²) in [6.07, 6.45) is 4.91. The standard InChI is InChI=1S/C10H7FO3.ClH/c1-2-5-14-9-4-3-7(10(12)13)6-8(9)11;/h1,3-4,6H,5H2,(H,12,13);1H. The predicted molar refractivity (Wildman–Crippen MR) is 54.9 cm³/mol. The molecule has 0 fully saturated rings. The number of hydrogen-bond donors (Lipinski definition) is 1. The van der Waals surface area contributed by atoms with Crippen LogP contribution in [-0.2, 0) is 0 Å². The number of carboxylic acid groups (broad SMARTS) is 1. The number of aromatic carboxylic acids is 1. The smallest absolute Gasteiger partial charge is 0.335 e. The zero-order valence-electron chi connectivity index (χ0n) is 7.57. The van der Waals surface area contributed by atoms with Crippen molar-refractivity contribution in [2.45, 2.75) is 0 Å². The van der Waals surface area contributed by atoms with E-state index in [4.69, 9.17) is 16.3 Å². The minimum absolute atomic E-state index is 0. The maximum Gasteiger partial charge on any atom is 0.335 e. The van der Waals surface area contributed by atoms with Gasteiger partial charge in [-0.15, -0.1) is 18.8 Å². The van der Waals surface area contributed by atoms with E-state index in [2.05, 4.69) is 5.92 Å². The highest BCUT2D eigenvalue weighted by atomic mass is 35.5. The number of rotatable bonds is 3. The molecule has 0 atom stereocenters. The van der Waals surface area contributed by atoms with Gasteiger partial charge in [0.1, 0.15) is 6.61 Å². The van der Waals surface area contributed by atoms with Crippen LogP contribution in [0, 0.1) is 18.2 Å². The van der Waals surface area contributed by atoms with E-state index in [0.717, 1.165) is 6.07 Å². The predicted octanol–water partition coefficient (Wildman–Crippen LogP) is 1.96. The lowest BCUT2D eigenvalue weighted by Gasteiger charge is -2.03. The molecule has 0 heterocycles. The first-order chi connectivity index (χ1) is 6.65. The van der Waals surface area contributed by atoms with Crippen molar-refractivity contribution in [2.24, 2.45) is 0 Å². The van der Waals surface area contributed by atoms with Gasteiger partial charge in [-0.25, -0.2) is 9.18 Å². The highest BCUT2D eigenvalue weighted by Gasteiger charge is 2.08. The van der Waals surface area contributed by atoms with E-state index in [1.165, 1.54) is 12.1 Å². The monoisotopic (exact) mass is 230 g/mol. The van der Waals surface area contributed by atoms with Crippen LogP contribution in [0.2, 0.25) is 0 Å². The van der Waals surface area contributed by atoms with Crippen molar-refractivity contribution in [2.75, 3.05) is 6.61 Å². The van der Waals surface area contributed by atoms with Crippen LogP contribution in [0.4, 0.5) is 4.39 Å². The molecule has 1 N–H and O–H groups in total. The SMILES string of the molecule is C#CCOc1ccc(C(=O)O)cc1F.Cl. The van der Waals surface area contributed by atoms with Crippen molar-refractivity contribution < 1.29 is 19.0 Å². The molecular weight excluding hydrogens is 223 g/mol. The van der Waals surface area contributed by atoms with Crippen LogP contribution in [-0.4, -0.2) is 17.7 Å². The van der Waals surface area contributed by atoms with Crippen molar-refractivity contribution >= 4 is 18.4 Å². The Morgan fingerprint density at radius 1 is 1.60 bits per heavy atom. The summed E-state index contributed by atoms with van der Waals surface area (Å²) in [6, 6.07) is 3.36. The van der Waals surface area contributed by atoms with Gasteiger partial charge in [0.05, 0.1) is 5.56 Å². The molecule has 1 rings (SSSR count). The molecule has 0 bridgehead atoms. The summed E-state index contributed by atoms with van der Waals surface area (Å²) in [4.78, 5) is 10.4. The van der Waals surface area contributed by atoms with Gasteiger partial charge < -0.3 is 9.84 Å². The average molecular weight is 231 g/mol. The van der Waals surface area contributed by atoms with E-state index in [1.54, 1.807) is 0 Å². The Kier molecular flexibility index (Phi) is 5.21. The molecule has 3 nitrogen and oxygen atoms in total. The van der Waals surface area contributed by atoms with Gasteiger partial charge in [0, 0.05) is 0 Å². The summed E-state index contributed by atoms with van der Waals surface area (Å²) in [7, 11) is 0. The van der Waals surface area contributed by atoms with Gasteiger partial charge in [-0.1, -0.05) is 5.92 Å². The van der Waals surface area contributed by atoms with Crippen molar-refractivity contribution in [1.29, 1.82) is 0 Å². The molecule has 0 aliphatic carbocycles. The van der Waals surface area contributed by atoms with E-state index in [1.807, 2.05) is 0 Å². The number of hydrogen-bond acceptors (Lipinski definition) is 2. The first-order valence-electron chi connectivity index (χ1n) is 3.74. The fourth-order valence-electron chi connectivity index (χ4n) is 0.870. The fraction of sp³-hybridized carbons (Fsp3) is 0.100. The number of terminal acetylenes is 1. The normalized spacial score (nSPS) is 8.53. The van der Waals surface area contributed by atoms with Gasteiger partial charge >= 0.3 is 5.97 Å². The Morgan fingerprint density at radius 2 is 2.27 bits per heavy atom. The number of benzene rings is 1. The zero-order valence-corrected chi connectivity index (χ0v) is 8.38. The molecule has 15 heavy (non-hydrogen) atoms. The number of carboxylic acids is 1. The maximum atomic E-state index is 13.1. The molecule has 0 unspecified atom stereocenters. The third kappa shape index (κ3) is 3.49. The largest absolute Gasteiger partial charge is 0.478 e. The van der Waals surface area contributed by atoms with Gasteiger partial charge in [-0.2, -0.15) is 0 Å². The third-order valence-corrected chi connectivity index (χ3v) is 1.49. The number of halogens is 2. The van der Waals surface area contributed by atoms with E-state index in [-0.39, 0.29) is 30.3 Å². The van der Waals surface area contributed by atoms with Crippen molar-refractivity contribution in [3.63, 3.8) is 0 Å². The van der Waals surface area contributed by atoms with Crippen LogP contribution in [0.1, 0.15) is 10.4 Å². The Balaban J connectivity index is 0.00000196. The number of ether oxygens (including phenoxy) is 1. The van der Waals surface area contributed by atoms with Crippen molar-refractivity contribution in [3.05, 3.63) is 29.6 Å². The molecule has 0 radical (unpaired) electrons. The minimum atomic E-state index is -1.19. The van der Waals surface area contributed by atoms with Crippen LogP contribution in [0.5, 0.6) is 5.75 Å². The quantitative estimate of drug-likeness (QED) is 0.808. The zero-order chi connectivity index (χ0) is 10.6. The lowest BCUT2D eigenvalue weighted by molar-refractivity contribution is 0.0696. The van der Waals surface area contributed by atoms with E-state index >= 15 is 0 Å². The van der Waals surface area contributed by atoms with Gasteiger partial charge in [0.25, 0.3) is 0 Å². The molecule has 0 spiro atoms. The number of carbonyl (C=O) groups is 1. The van der Waals surface area contributed by atoms with Crippen molar-refractivity contribution in [1.82, 2.24) is 0 Å². The van der Waals surface area contributed by atoms with Crippen molar-refractivity contribution in [3.8, 4) is 18.1 Å². The van der Waals surface area contributed by atoms with E-state index < -0.39 is 11.8 Å². The molecule has 0 aliphatic rings. The maximum absolute atomic E-state index is 13.1. The lowest BCUT2D eigenvalue weighted by Crippen LogP contribution is -2.00. The summed E-state index contributed by atoms with van der Waals surface area (Å²) in [5.41, 5.74) is -0.129. The Hall–Kier alpha value is -1.73. The molecule has 80 valence electrons. The van der Waals surface area contributed by atoms with E-state index in [9.17, 15) is 9.18 Å². The van der Waals surface area contributed by atoms with Crippen LogP contribution in [0.15, 0.2) is 18.2 Å². The van der Waals surface area contributed by atoms with Gasteiger partial charge in [0.15, 0.2) is 11.6 Å². The molecule has 5 heteroatoms. The highest BCUT2D eigenvalue weighted by molar-refractivity contribution is 5.87.